The van der Waals surface area contributed by atoms with Gasteiger partial charge in [0.25, 0.3) is 0 Å². The molecule has 0 aromatic carbocycles. The number of hydrogen-bond acceptors (Lipinski definition) is 3. The molecule has 0 amide bonds. The van der Waals surface area contributed by atoms with Gasteiger partial charge in [-0.2, -0.15) is 0 Å². The maximum Gasteiger partial charge on any atom is 0.165 e. The second kappa shape index (κ2) is 3.15. The van der Waals surface area contributed by atoms with E-state index >= 15 is 0 Å². The van der Waals surface area contributed by atoms with E-state index in [1.165, 1.54) is 6.42 Å². The third-order valence-corrected chi connectivity index (χ3v) is 1.63. The maximum atomic E-state index is 5.12. The lowest BCUT2D eigenvalue weighted by Gasteiger charge is -2.31. The zero-order valence-corrected chi connectivity index (χ0v) is 6.05. The van der Waals surface area contributed by atoms with E-state index in [2.05, 4.69) is 17.3 Å². The highest BCUT2D eigenvalue weighted by atomic mass is 16.5. The van der Waals surface area contributed by atoms with Crippen LogP contribution in [0.15, 0.2) is 0 Å². The number of methoxy groups -OCH3 is 1. The van der Waals surface area contributed by atoms with Crippen molar-refractivity contribution >= 4 is 0 Å². The lowest BCUT2D eigenvalue weighted by atomic mass is 10.3. The van der Waals surface area contributed by atoms with Gasteiger partial charge in [-0.25, -0.2) is 0 Å². The summed E-state index contributed by atoms with van der Waals surface area (Å²) >= 11 is 0. The summed E-state index contributed by atoms with van der Waals surface area (Å²) in [6, 6.07) is 0. The standard InChI is InChI=1S/C6H14N2O/c1-8-5-3-4-7-6(8)9-2/h6-7H,3-5H2,1-2H3. The largest absolute Gasteiger partial charge is 0.353 e. The molecule has 1 heterocycles. The highest BCUT2D eigenvalue weighted by Crippen LogP contribution is 1.99. The molecule has 1 rings (SSSR count). The predicted octanol–water partition coefficient (Wildman–Crippen LogP) is -0.159. The van der Waals surface area contributed by atoms with Crippen LogP contribution in [-0.4, -0.2) is 38.5 Å². The molecule has 0 aromatic heterocycles. The average Bonchev–Trinajstić information content (AvgIpc) is 1.89. The second-order valence-corrected chi connectivity index (χ2v) is 2.38. The summed E-state index contributed by atoms with van der Waals surface area (Å²) in [6.07, 6.45) is 1.36. The van der Waals surface area contributed by atoms with Crippen molar-refractivity contribution in [1.82, 2.24) is 10.2 Å². The van der Waals surface area contributed by atoms with E-state index in [0.29, 0.717) is 0 Å². The van der Waals surface area contributed by atoms with Crippen molar-refractivity contribution in [1.29, 1.82) is 0 Å². The van der Waals surface area contributed by atoms with Gasteiger partial charge >= 0.3 is 0 Å². The average molecular weight is 130 g/mol. The molecule has 0 radical (unpaired) electrons. The van der Waals surface area contributed by atoms with Crippen molar-refractivity contribution < 1.29 is 4.74 Å². The summed E-state index contributed by atoms with van der Waals surface area (Å²) in [7, 11) is 3.78. The van der Waals surface area contributed by atoms with Crippen LogP contribution < -0.4 is 5.32 Å². The minimum atomic E-state index is 0.138. The fourth-order valence-corrected chi connectivity index (χ4v) is 1.09. The lowest BCUT2D eigenvalue weighted by Crippen LogP contribution is -2.50. The van der Waals surface area contributed by atoms with Crippen LogP contribution in [0.5, 0.6) is 0 Å². The zero-order chi connectivity index (χ0) is 6.69. The van der Waals surface area contributed by atoms with Gasteiger partial charge in [0.05, 0.1) is 0 Å². The third kappa shape index (κ3) is 1.64. The van der Waals surface area contributed by atoms with Gasteiger partial charge in [-0.15, -0.1) is 0 Å². The van der Waals surface area contributed by atoms with Crippen LogP contribution in [0.2, 0.25) is 0 Å². The summed E-state index contributed by atoms with van der Waals surface area (Å²) in [5.41, 5.74) is 0. The summed E-state index contributed by atoms with van der Waals surface area (Å²) in [6.45, 7) is 2.20. The Morgan fingerprint density at radius 3 is 2.89 bits per heavy atom. The van der Waals surface area contributed by atoms with Crippen LogP contribution in [0.3, 0.4) is 0 Å². The van der Waals surface area contributed by atoms with E-state index in [1.54, 1.807) is 7.11 Å². The van der Waals surface area contributed by atoms with Crippen molar-refractivity contribution in [3.05, 3.63) is 0 Å². The fraction of sp³-hybridized carbons (Fsp3) is 1.00. The smallest absolute Gasteiger partial charge is 0.165 e. The van der Waals surface area contributed by atoms with E-state index < -0.39 is 0 Å². The van der Waals surface area contributed by atoms with Crippen LogP contribution in [0, 0.1) is 0 Å². The van der Waals surface area contributed by atoms with Crippen LogP contribution in [0.1, 0.15) is 6.42 Å². The molecule has 1 aliphatic heterocycles. The molecular formula is C6H14N2O. The van der Waals surface area contributed by atoms with Crippen LogP contribution in [0.4, 0.5) is 0 Å². The Balaban J connectivity index is 2.30. The number of rotatable bonds is 1. The van der Waals surface area contributed by atoms with Crippen molar-refractivity contribution in [2.24, 2.45) is 0 Å². The van der Waals surface area contributed by atoms with Crippen LogP contribution >= 0.6 is 0 Å². The van der Waals surface area contributed by atoms with Crippen molar-refractivity contribution in [2.45, 2.75) is 12.8 Å². The normalized spacial score (nSPS) is 30.7. The molecule has 0 bridgehead atoms. The van der Waals surface area contributed by atoms with Gasteiger partial charge in [0, 0.05) is 13.7 Å². The highest BCUT2D eigenvalue weighted by molar-refractivity contribution is 4.63. The second-order valence-electron chi connectivity index (χ2n) is 2.38. The predicted molar refractivity (Wildman–Crippen MR) is 36.0 cm³/mol. The monoisotopic (exact) mass is 130 g/mol. The topological polar surface area (TPSA) is 24.5 Å². The molecule has 1 unspecified atom stereocenters. The Morgan fingerprint density at radius 2 is 2.44 bits per heavy atom. The van der Waals surface area contributed by atoms with Gasteiger partial charge in [0.15, 0.2) is 6.35 Å². The first-order chi connectivity index (χ1) is 4.34. The highest BCUT2D eigenvalue weighted by Gasteiger charge is 2.15. The molecule has 54 valence electrons. The molecular weight excluding hydrogens is 116 g/mol. The molecule has 0 aliphatic carbocycles. The van der Waals surface area contributed by atoms with Gasteiger partial charge < -0.3 is 4.74 Å². The number of nitrogens with zero attached hydrogens (tertiary/aromatic N) is 1. The molecule has 1 aliphatic rings. The first-order valence-electron chi connectivity index (χ1n) is 3.31. The maximum absolute atomic E-state index is 5.12. The van der Waals surface area contributed by atoms with Gasteiger partial charge in [0.1, 0.15) is 0 Å². The Labute approximate surface area is 56.0 Å². The number of hydrogen-bond donors (Lipinski definition) is 1. The van der Waals surface area contributed by atoms with Crippen molar-refractivity contribution in [3.8, 4) is 0 Å². The summed E-state index contributed by atoms with van der Waals surface area (Å²) < 4.78 is 5.12. The fourth-order valence-electron chi connectivity index (χ4n) is 1.09. The Hall–Kier alpha value is -0.120. The molecule has 1 N–H and O–H groups in total. The van der Waals surface area contributed by atoms with Gasteiger partial charge in [-0.05, 0) is 20.0 Å². The molecule has 1 atom stereocenters. The van der Waals surface area contributed by atoms with E-state index in [4.69, 9.17) is 4.74 Å². The Morgan fingerprint density at radius 1 is 1.67 bits per heavy atom. The first-order valence-corrected chi connectivity index (χ1v) is 3.31. The molecule has 1 fully saturated rings. The molecule has 3 heteroatoms. The number of ether oxygens (including phenoxy) is 1. The molecule has 9 heavy (non-hydrogen) atoms. The molecule has 0 aromatic rings. The minimum Gasteiger partial charge on any atom is -0.353 e. The summed E-state index contributed by atoms with van der Waals surface area (Å²) in [5.74, 6) is 0. The minimum absolute atomic E-state index is 0.138. The number of nitrogens with one attached hydrogen (secondary N) is 1. The Kier molecular flexibility index (Phi) is 2.45. The zero-order valence-electron chi connectivity index (χ0n) is 6.05. The van der Waals surface area contributed by atoms with Crippen molar-refractivity contribution in [2.75, 3.05) is 27.2 Å². The molecule has 3 nitrogen and oxygen atoms in total. The van der Waals surface area contributed by atoms with Gasteiger partial charge in [0.2, 0.25) is 0 Å². The molecule has 1 saturated heterocycles. The van der Waals surface area contributed by atoms with E-state index in [-0.39, 0.29) is 6.35 Å². The Bertz CT molecular complexity index is 87.1. The van der Waals surface area contributed by atoms with Gasteiger partial charge in [-0.1, -0.05) is 0 Å². The van der Waals surface area contributed by atoms with E-state index in [9.17, 15) is 0 Å². The quantitative estimate of drug-likeness (QED) is 0.534. The third-order valence-electron chi connectivity index (χ3n) is 1.63. The van der Waals surface area contributed by atoms with Gasteiger partial charge in [-0.3, -0.25) is 10.2 Å². The van der Waals surface area contributed by atoms with Crippen LogP contribution in [0.25, 0.3) is 0 Å². The van der Waals surface area contributed by atoms with E-state index in [1.807, 2.05) is 0 Å². The van der Waals surface area contributed by atoms with Crippen LogP contribution in [-0.2, 0) is 4.74 Å². The first kappa shape index (κ1) is 6.99. The van der Waals surface area contributed by atoms with Crippen molar-refractivity contribution in [3.63, 3.8) is 0 Å². The summed E-state index contributed by atoms with van der Waals surface area (Å²) in [4.78, 5) is 2.16. The van der Waals surface area contributed by atoms with E-state index in [0.717, 1.165) is 13.1 Å². The molecule has 0 saturated carbocycles. The lowest BCUT2D eigenvalue weighted by molar-refractivity contribution is -0.0572. The molecule has 0 spiro atoms. The summed E-state index contributed by atoms with van der Waals surface area (Å²) in [5, 5.41) is 3.22. The SMILES string of the molecule is COC1NCCCN1C.